The Bertz CT molecular complexity index is 1200. The summed E-state index contributed by atoms with van der Waals surface area (Å²) in [5, 5.41) is 8.66. The molecule has 3 aliphatic rings. The minimum Gasteiger partial charge on any atom is -0.423 e. The minimum atomic E-state index is -0.465. The zero-order valence-electron chi connectivity index (χ0n) is 18.1. The molecule has 2 fully saturated rings. The number of H-pyrrole nitrogens is 1. The molecule has 0 bridgehead atoms. The van der Waals surface area contributed by atoms with Crippen LogP contribution >= 0.6 is 11.8 Å². The van der Waals surface area contributed by atoms with Crippen LogP contribution < -0.4 is 20.4 Å². The zero-order valence-corrected chi connectivity index (χ0v) is 18.9. The number of amides is 1. The van der Waals surface area contributed by atoms with Gasteiger partial charge < -0.3 is 29.6 Å². The van der Waals surface area contributed by atoms with Gasteiger partial charge >= 0.3 is 0 Å². The standard InChI is InChI=1S/C22H25N7O3S/c23-20(30)18-13-33-21(14-11-24-25-12-14)29(18)17-10-19-15(9-16(17)27-3-1-2-4-27)26-22(32-19)28-5-7-31-8-6-28/h9-13,21H,1-8H2,(H2,23,30)(H,24,25). The predicted octanol–water partition coefficient (Wildman–Crippen LogP) is 2.57. The van der Waals surface area contributed by atoms with E-state index in [1.165, 1.54) is 0 Å². The van der Waals surface area contributed by atoms with Gasteiger partial charge in [-0.15, -0.1) is 11.8 Å². The molecule has 1 atom stereocenters. The van der Waals surface area contributed by atoms with Crippen LogP contribution in [0.5, 0.6) is 0 Å². The number of carbonyl (C=O) groups is 1. The Balaban J connectivity index is 1.49. The highest BCUT2D eigenvalue weighted by molar-refractivity contribution is 8.02. The highest BCUT2D eigenvalue weighted by Crippen LogP contribution is 2.49. The van der Waals surface area contributed by atoms with Gasteiger partial charge in [0.2, 0.25) is 0 Å². The SMILES string of the molecule is NC(=O)C1=CSC(c2cn[nH]c2)N1c1cc2oc(N3CCOCC3)nc2cc1N1CCCC1. The molecule has 33 heavy (non-hydrogen) atoms. The van der Waals surface area contributed by atoms with Crippen LogP contribution in [0.3, 0.4) is 0 Å². The number of thioether (sulfide) groups is 1. The molecular formula is C22H25N7O3S. The number of morpholine rings is 1. The van der Waals surface area contributed by atoms with Crippen molar-refractivity contribution in [3.8, 4) is 0 Å². The highest BCUT2D eigenvalue weighted by Gasteiger charge is 2.36. The Labute approximate surface area is 194 Å². The number of aromatic nitrogens is 3. The number of rotatable bonds is 5. The maximum Gasteiger partial charge on any atom is 0.298 e. The second kappa shape index (κ2) is 8.31. The molecule has 11 heteroatoms. The number of carbonyl (C=O) groups excluding carboxylic acids is 1. The number of hydrogen-bond donors (Lipinski definition) is 2. The van der Waals surface area contributed by atoms with E-state index in [1.807, 2.05) is 22.6 Å². The summed E-state index contributed by atoms with van der Waals surface area (Å²) in [5.74, 6) is -0.465. The summed E-state index contributed by atoms with van der Waals surface area (Å²) in [6.07, 6.45) is 5.89. The third-order valence-corrected chi connectivity index (χ3v) is 7.42. The third-order valence-electron chi connectivity index (χ3n) is 6.32. The summed E-state index contributed by atoms with van der Waals surface area (Å²) in [4.78, 5) is 23.7. The van der Waals surface area contributed by atoms with Gasteiger partial charge in [-0.2, -0.15) is 10.1 Å². The van der Waals surface area contributed by atoms with Crippen LogP contribution in [0.1, 0.15) is 23.8 Å². The maximum absolute atomic E-state index is 12.4. The molecule has 0 aliphatic carbocycles. The fourth-order valence-electron chi connectivity index (χ4n) is 4.66. The van der Waals surface area contributed by atoms with Gasteiger partial charge in [-0.1, -0.05) is 0 Å². The first kappa shape index (κ1) is 20.4. The van der Waals surface area contributed by atoms with E-state index in [9.17, 15) is 4.79 Å². The van der Waals surface area contributed by atoms with Crippen molar-refractivity contribution in [2.75, 3.05) is 54.1 Å². The van der Waals surface area contributed by atoms with Crippen LogP contribution in [-0.4, -0.2) is 60.5 Å². The van der Waals surface area contributed by atoms with Gasteiger partial charge in [0.25, 0.3) is 11.9 Å². The molecule has 1 unspecified atom stereocenters. The second-order valence-electron chi connectivity index (χ2n) is 8.36. The van der Waals surface area contributed by atoms with Crippen molar-refractivity contribution in [3.63, 3.8) is 0 Å². The molecule has 0 radical (unpaired) electrons. The predicted molar refractivity (Wildman–Crippen MR) is 127 cm³/mol. The van der Waals surface area contributed by atoms with Crippen LogP contribution in [-0.2, 0) is 9.53 Å². The van der Waals surface area contributed by atoms with Crippen LogP contribution in [0.4, 0.5) is 17.4 Å². The van der Waals surface area contributed by atoms with Gasteiger partial charge in [0.15, 0.2) is 5.58 Å². The maximum atomic E-state index is 12.4. The lowest BCUT2D eigenvalue weighted by Crippen LogP contribution is -2.36. The first-order valence-corrected chi connectivity index (χ1v) is 12.1. The number of nitrogens with one attached hydrogen (secondary N) is 1. The molecule has 2 saturated heterocycles. The Morgan fingerprint density at radius 3 is 2.67 bits per heavy atom. The molecule has 2 aromatic heterocycles. The van der Waals surface area contributed by atoms with E-state index in [4.69, 9.17) is 19.9 Å². The lowest BCUT2D eigenvalue weighted by molar-refractivity contribution is -0.114. The quantitative estimate of drug-likeness (QED) is 0.584. The Morgan fingerprint density at radius 1 is 1.12 bits per heavy atom. The second-order valence-corrected chi connectivity index (χ2v) is 9.31. The Hall–Kier alpha value is -3.18. The van der Waals surface area contributed by atoms with Gasteiger partial charge in [-0.25, -0.2) is 0 Å². The smallest absolute Gasteiger partial charge is 0.298 e. The van der Waals surface area contributed by atoms with E-state index in [0.29, 0.717) is 30.5 Å². The summed E-state index contributed by atoms with van der Waals surface area (Å²) in [5.41, 5.74) is 10.6. The molecule has 3 N–H and O–H groups in total. The molecule has 172 valence electrons. The van der Waals surface area contributed by atoms with E-state index in [2.05, 4.69) is 26.1 Å². The van der Waals surface area contributed by atoms with Crippen LogP contribution in [0.25, 0.3) is 11.1 Å². The Kier molecular flexibility index (Phi) is 5.14. The van der Waals surface area contributed by atoms with E-state index in [0.717, 1.165) is 61.5 Å². The lowest BCUT2D eigenvalue weighted by atomic mass is 10.1. The number of benzene rings is 1. The number of ether oxygens (including phenoxy) is 1. The van der Waals surface area contributed by atoms with E-state index in [1.54, 1.807) is 18.0 Å². The van der Waals surface area contributed by atoms with Crippen molar-refractivity contribution in [2.45, 2.75) is 18.2 Å². The van der Waals surface area contributed by atoms with Crippen molar-refractivity contribution in [1.82, 2.24) is 15.2 Å². The van der Waals surface area contributed by atoms with Gasteiger partial charge in [-0.3, -0.25) is 9.89 Å². The van der Waals surface area contributed by atoms with E-state index in [-0.39, 0.29) is 5.37 Å². The summed E-state index contributed by atoms with van der Waals surface area (Å²) >= 11 is 1.54. The fourth-order valence-corrected chi connectivity index (χ4v) is 5.79. The van der Waals surface area contributed by atoms with Crippen LogP contribution in [0, 0.1) is 0 Å². The number of oxazole rings is 1. The topological polar surface area (TPSA) is 117 Å². The normalized spacial score (nSPS) is 21.3. The third kappa shape index (κ3) is 3.61. The molecule has 3 aliphatic heterocycles. The fraction of sp³-hybridized carbons (Fsp3) is 0.409. The minimum absolute atomic E-state index is 0.160. The van der Waals surface area contributed by atoms with Crippen molar-refractivity contribution >= 4 is 46.2 Å². The number of fused-ring (bicyclic) bond motifs is 1. The Morgan fingerprint density at radius 2 is 1.94 bits per heavy atom. The number of nitrogens with two attached hydrogens (primary N) is 1. The summed E-state index contributed by atoms with van der Waals surface area (Å²) in [6.45, 7) is 4.73. The van der Waals surface area contributed by atoms with Gasteiger partial charge in [-0.05, 0) is 18.9 Å². The van der Waals surface area contributed by atoms with Crippen molar-refractivity contribution in [2.24, 2.45) is 5.73 Å². The molecular weight excluding hydrogens is 442 g/mol. The zero-order chi connectivity index (χ0) is 22.4. The van der Waals surface area contributed by atoms with Gasteiger partial charge in [0, 0.05) is 49.4 Å². The molecule has 1 amide bonds. The number of nitrogens with zero attached hydrogens (tertiary/aromatic N) is 5. The number of hydrogen-bond acceptors (Lipinski definition) is 9. The largest absolute Gasteiger partial charge is 0.423 e. The average Bonchev–Trinajstić information content (AvgIpc) is 3.63. The van der Waals surface area contributed by atoms with Crippen molar-refractivity contribution < 1.29 is 13.9 Å². The number of primary amides is 1. The molecule has 5 heterocycles. The number of aromatic amines is 1. The van der Waals surface area contributed by atoms with E-state index < -0.39 is 5.91 Å². The van der Waals surface area contributed by atoms with Gasteiger partial charge in [0.05, 0.1) is 30.8 Å². The van der Waals surface area contributed by atoms with E-state index >= 15 is 0 Å². The average molecular weight is 468 g/mol. The molecule has 6 rings (SSSR count). The van der Waals surface area contributed by atoms with Gasteiger partial charge in [0.1, 0.15) is 16.6 Å². The molecule has 10 nitrogen and oxygen atoms in total. The van der Waals surface area contributed by atoms with Crippen molar-refractivity contribution in [1.29, 1.82) is 0 Å². The number of anilines is 3. The highest BCUT2D eigenvalue weighted by atomic mass is 32.2. The van der Waals surface area contributed by atoms with Crippen LogP contribution in [0.15, 0.2) is 40.0 Å². The first-order valence-electron chi connectivity index (χ1n) is 11.1. The molecule has 0 saturated carbocycles. The molecule has 3 aromatic rings. The monoisotopic (exact) mass is 467 g/mol. The molecule has 1 aromatic carbocycles. The summed E-state index contributed by atoms with van der Waals surface area (Å²) < 4.78 is 11.7. The van der Waals surface area contributed by atoms with Crippen LogP contribution in [0.2, 0.25) is 0 Å². The summed E-state index contributed by atoms with van der Waals surface area (Å²) in [6, 6.07) is 4.68. The van der Waals surface area contributed by atoms with Crippen molar-refractivity contribution in [3.05, 3.63) is 41.2 Å². The lowest BCUT2D eigenvalue weighted by Gasteiger charge is -2.32. The molecule has 0 spiro atoms. The first-order chi connectivity index (χ1) is 16.2. The summed E-state index contributed by atoms with van der Waals surface area (Å²) in [7, 11) is 0.